The highest BCUT2D eigenvalue weighted by atomic mass is 16.1. The molecule has 0 N–H and O–H groups in total. The number of hydrogen-bond acceptors (Lipinski definition) is 2. The van der Waals surface area contributed by atoms with Gasteiger partial charge >= 0.3 is 0 Å². The first kappa shape index (κ1) is 9.20. The molecule has 0 spiro atoms. The molecule has 0 aromatic heterocycles. The lowest BCUT2D eigenvalue weighted by atomic mass is 9.91. The molecular formula is C11H19NO. The lowest BCUT2D eigenvalue weighted by Gasteiger charge is -2.13. The quantitative estimate of drug-likeness (QED) is 0.646. The molecule has 0 amide bonds. The van der Waals surface area contributed by atoms with Crippen LogP contribution in [0.15, 0.2) is 0 Å². The topological polar surface area (TPSA) is 20.3 Å². The summed E-state index contributed by atoms with van der Waals surface area (Å²) in [4.78, 5) is 14.2. The Labute approximate surface area is 80.3 Å². The van der Waals surface area contributed by atoms with Crippen molar-refractivity contribution in [2.24, 2.45) is 11.8 Å². The minimum Gasteiger partial charge on any atom is -0.306 e. The third-order valence-electron chi connectivity index (χ3n) is 3.55. The molecule has 0 aromatic carbocycles. The van der Waals surface area contributed by atoms with Gasteiger partial charge in [0.25, 0.3) is 0 Å². The van der Waals surface area contributed by atoms with Crippen LogP contribution in [0.4, 0.5) is 0 Å². The Bertz CT molecular complexity index is 196. The SMILES string of the molecule is CN1CCC(C(=O)C2CCCC2)C1. The average molecular weight is 181 g/mol. The van der Waals surface area contributed by atoms with Gasteiger partial charge in [-0.05, 0) is 32.9 Å². The monoisotopic (exact) mass is 181 g/mol. The molecule has 0 radical (unpaired) electrons. The average Bonchev–Trinajstić information content (AvgIpc) is 2.72. The van der Waals surface area contributed by atoms with Crippen LogP contribution < -0.4 is 0 Å². The molecule has 1 aliphatic carbocycles. The normalized spacial score (nSPS) is 31.3. The number of carbonyl (C=O) groups is 1. The van der Waals surface area contributed by atoms with E-state index in [0.717, 1.165) is 19.5 Å². The third kappa shape index (κ3) is 1.93. The maximum Gasteiger partial charge on any atom is 0.140 e. The van der Waals surface area contributed by atoms with Crippen LogP contribution in [0.25, 0.3) is 0 Å². The van der Waals surface area contributed by atoms with E-state index in [9.17, 15) is 4.79 Å². The van der Waals surface area contributed by atoms with Crippen molar-refractivity contribution in [1.29, 1.82) is 0 Å². The molecule has 1 saturated carbocycles. The molecular weight excluding hydrogens is 162 g/mol. The van der Waals surface area contributed by atoms with Crippen LogP contribution in [0.5, 0.6) is 0 Å². The Morgan fingerprint density at radius 1 is 1.15 bits per heavy atom. The molecule has 2 heteroatoms. The minimum absolute atomic E-state index is 0.369. The van der Waals surface area contributed by atoms with E-state index in [0.29, 0.717) is 17.6 Å². The second-order valence-electron chi connectivity index (χ2n) is 4.63. The predicted octanol–water partition coefficient (Wildman–Crippen LogP) is 1.70. The summed E-state index contributed by atoms with van der Waals surface area (Å²) in [5.74, 6) is 1.37. The molecule has 0 bridgehead atoms. The number of ketones is 1. The van der Waals surface area contributed by atoms with Crippen LogP contribution in [-0.4, -0.2) is 30.8 Å². The van der Waals surface area contributed by atoms with Gasteiger partial charge in [-0.3, -0.25) is 4.79 Å². The minimum atomic E-state index is 0.369. The number of Topliss-reactive ketones (excluding diaryl/α,β-unsaturated/α-hetero) is 1. The fraction of sp³-hybridized carbons (Fsp3) is 0.909. The Hall–Kier alpha value is -0.370. The van der Waals surface area contributed by atoms with E-state index in [1.54, 1.807) is 0 Å². The molecule has 2 fully saturated rings. The summed E-state index contributed by atoms with van der Waals surface area (Å²) in [7, 11) is 2.11. The predicted molar refractivity (Wildman–Crippen MR) is 52.6 cm³/mol. The van der Waals surface area contributed by atoms with Crippen molar-refractivity contribution in [3.8, 4) is 0 Å². The summed E-state index contributed by atoms with van der Waals surface area (Å²) in [6.07, 6.45) is 5.99. The summed E-state index contributed by atoms with van der Waals surface area (Å²) in [5.41, 5.74) is 0. The van der Waals surface area contributed by atoms with Gasteiger partial charge in [-0.2, -0.15) is 0 Å². The van der Waals surface area contributed by atoms with E-state index in [4.69, 9.17) is 0 Å². The van der Waals surface area contributed by atoms with Crippen molar-refractivity contribution in [3.05, 3.63) is 0 Å². The first-order chi connectivity index (χ1) is 6.27. The van der Waals surface area contributed by atoms with E-state index < -0.39 is 0 Å². The molecule has 1 saturated heterocycles. The van der Waals surface area contributed by atoms with E-state index in [-0.39, 0.29) is 0 Å². The maximum atomic E-state index is 12.0. The van der Waals surface area contributed by atoms with Gasteiger partial charge in [0.2, 0.25) is 0 Å². The third-order valence-corrected chi connectivity index (χ3v) is 3.55. The zero-order valence-corrected chi connectivity index (χ0v) is 8.46. The van der Waals surface area contributed by atoms with Gasteiger partial charge in [0, 0.05) is 18.4 Å². The van der Waals surface area contributed by atoms with Gasteiger partial charge in [0.1, 0.15) is 5.78 Å². The van der Waals surface area contributed by atoms with Crippen LogP contribution in [0, 0.1) is 11.8 Å². The number of likely N-dealkylation sites (tertiary alicyclic amines) is 1. The Morgan fingerprint density at radius 2 is 1.85 bits per heavy atom. The van der Waals surface area contributed by atoms with Crippen molar-refractivity contribution in [3.63, 3.8) is 0 Å². The lowest BCUT2D eigenvalue weighted by molar-refractivity contribution is -0.126. The highest BCUT2D eigenvalue weighted by molar-refractivity contribution is 5.84. The van der Waals surface area contributed by atoms with Crippen molar-refractivity contribution in [2.75, 3.05) is 20.1 Å². The van der Waals surface area contributed by atoms with E-state index in [1.807, 2.05) is 0 Å². The molecule has 1 aliphatic heterocycles. The Morgan fingerprint density at radius 3 is 2.38 bits per heavy atom. The van der Waals surface area contributed by atoms with Gasteiger partial charge in [0.05, 0.1) is 0 Å². The second-order valence-corrected chi connectivity index (χ2v) is 4.63. The van der Waals surface area contributed by atoms with E-state index >= 15 is 0 Å². The summed E-state index contributed by atoms with van der Waals surface area (Å²) < 4.78 is 0. The molecule has 2 rings (SSSR count). The highest BCUT2D eigenvalue weighted by Crippen LogP contribution is 2.30. The summed E-state index contributed by atoms with van der Waals surface area (Å²) >= 11 is 0. The summed E-state index contributed by atoms with van der Waals surface area (Å²) in [5, 5.41) is 0. The van der Waals surface area contributed by atoms with Gasteiger partial charge in [-0.15, -0.1) is 0 Å². The zero-order valence-electron chi connectivity index (χ0n) is 8.46. The Kier molecular flexibility index (Phi) is 2.68. The van der Waals surface area contributed by atoms with Crippen LogP contribution in [0.1, 0.15) is 32.1 Å². The van der Waals surface area contributed by atoms with Gasteiger partial charge in [-0.25, -0.2) is 0 Å². The van der Waals surface area contributed by atoms with Crippen LogP contribution in [-0.2, 0) is 4.79 Å². The standard InChI is InChI=1S/C11H19NO/c1-12-7-6-10(8-12)11(13)9-4-2-3-5-9/h9-10H,2-8H2,1H3. The highest BCUT2D eigenvalue weighted by Gasteiger charge is 2.32. The number of carbonyl (C=O) groups excluding carboxylic acids is 1. The fourth-order valence-electron chi connectivity index (χ4n) is 2.71. The van der Waals surface area contributed by atoms with Crippen molar-refractivity contribution in [2.45, 2.75) is 32.1 Å². The van der Waals surface area contributed by atoms with Gasteiger partial charge in [0.15, 0.2) is 0 Å². The van der Waals surface area contributed by atoms with E-state index in [2.05, 4.69) is 11.9 Å². The molecule has 1 heterocycles. The van der Waals surface area contributed by atoms with Crippen LogP contribution >= 0.6 is 0 Å². The van der Waals surface area contributed by atoms with Gasteiger partial charge in [-0.1, -0.05) is 12.8 Å². The second kappa shape index (κ2) is 3.79. The van der Waals surface area contributed by atoms with Crippen LogP contribution in [0.2, 0.25) is 0 Å². The lowest BCUT2D eigenvalue weighted by Crippen LogP contribution is -2.24. The number of hydrogen-bond donors (Lipinski definition) is 0. The van der Waals surface area contributed by atoms with Gasteiger partial charge < -0.3 is 4.90 Å². The van der Waals surface area contributed by atoms with Crippen LogP contribution in [0.3, 0.4) is 0 Å². The zero-order chi connectivity index (χ0) is 9.26. The summed E-state index contributed by atoms with van der Waals surface area (Å²) in [6.45, 7) is 2.12. The molecule has 1 unspecified atom stereocenters. The molecule has 74 valence electrons. The fourth-order valence-corrected chi connectivity index (χ4v) is 2.71. The molecule has 2 aliphatic rings. The molecule has 13 heavy (non-hydrogen) atoms. The molecule has 0 aromatic rings. The number of rotatable bonds is 2. The van der Waals surface area contributed by atoms with E-state index in [1.165, 1.54) is 25.7 Å². The molecule has 1 atom stereocenters. The first-order valence-electron chi connectivity index (χ1n) is 5.49. The smallest absolute Gasteiger partial charge is 0.140 e. The summed E-state index contributed by atoms with van der Waals surface area (Å²) in [6, 6.07) is 0. The number of nitrogens with zero attached hydrogens (tertiary/aromatic N) is 1. The Balaban J connectivity index is 1.89. The van der Waals surface area contributed by atoms with Crippen molar-refractivity contribution in [1.82, 2.24) is 4.90 Å². The van der Waals surface area contributed by atoms with Crippen molar-refractivity contribution < 1.29 is 4.79 Å². The maximum absolute atomic E-state index is 12.0. The first-order valence-corrected chi connectivity index (χ1v) is 5.49. The largest absolute Gasteiger partial charge is 0.306 e. The van der Waals surface area contributed by atoms with Crippen molar-refractivity contribution >= 4 is 5.78 Å². The molecule has 2 nitrogen and oxygen atoms in total.